The Kier molecular flexibility index (Phi) is 9.94. The van der Waals surface area contributed by atoms with Crippen molar-refractivity contribution in [1.82, 2.24) is 9.47 Å². The van der Waals surface area contributed by atoms with Crippen LogP contribution in [0, 0.1) is 6.92 Å². The maximum Gasteiger partial charge on any atom is 0.271 e. The van der Waals surface area contributed by atoms with Gasteiger partial charge in [0.25, 0.3) is 11.5 Å². The molecule has 2 heterocycles. The number of halogens is 1. The van der Waals surface area contributed by atoms with Crippen molar-refractivity contribution < 1.29 is 19.0 Å². The van der Waals surface area contributed by atoms with Gasteiger partial charge in [-0.1, -0.05) is 57.1 Å². The number of aromatic nitrogens is 1. The van der Waals surface area contributed by atoms with E-state index >= 15 is 0 Å². The van der Waals surface area contributed by atoms with Crippen molar-refractivity contribution in [1.29, 1.82) is 0 Å². The Balaban J connectivity index is 1.68. The molecule has 10 heteroatoms. The number of hydrogen-bond acceptors (Lipinski definition) is 7. The lowest BCUT2D eigenvalue weighted by Gasteiger charge is -2.30. The summed E-state index contributed by atoms with van der Waals surface area (Å²) in [6.45, 7) is 9.16. The molecule has 4 aromatic rings. The Morgan fingerprint density at radius 1 is 1.00 bits per heavy atom. The molecule has 1 aliphatic heterocycles. The number of aryl methyl sites for hydroxylation is 1. The first-order chi connectivity index (χ1) is 21.7. The summed E-state index contributed by atoms with van der Waals surface area (Å²) in [5, 5.41) is 0. The quantitative estimate of drug-likeness (QED) is 0.211. The van der Waals surface area contributed by atoms with Crippen molar-refractivity contribution in [3.05, 3.63) is 118 Å². The van der Waals surface area contributed by atoms with E-state index in [1.807, 2.05) is 70.2 Å². The molecule has 1 atom stereocenters. The fourth-order valence-electron chi connectivity index (χ4n) is 5.37. The Morgan fingerprint density at radius 2 is 1.71 bits per heavy atom. The molecular formula is C35H36BrN3O5S. The number of carbonyl (C=O) groups excluding carboxylic acids is 1. The Morgan fingerprint density at radius 3 is 2.38 bits per heavy atom. The number of hydrogen-bond donors (Lipinski definition) is 0. The molecule has 1 aliphatic rings. The number of methoxy groups -OCH3 is 2. The molecule has 5 rings (SSSR count). The highest BCUT2D eigenvalue weighted by Gasteiger charge is 2.36. The second-order valence-electron chi connectivity index (χ2n) is 10.6. The van der Waals surface area contributed by atoms with Crippen LogP contribution < -0.4 is 29.1 Å². The van der Waals surface area contributed by atoms with Crippen molar-refractivity contribution >= 4 is 39.2 Å². The Bertz CT molecular complexity index is 1940. The van der Waals surface area contributed by atoms with Gasteiger partial charge in [-0.25, -0.2) is 4.99 Å². The van der Waals surface area contributed by atoms with Gasteiger partial charge in [-0.15, -0.1) is 0 Å². The Hall–Kier alpha value is -4.15. The van der Waals surface area contributed by atoms with Crippen LogP contribution in [0.5, 0.6) is 17.2 Å². The van der Waals surface area contributed by atoms with Gasteiger partial charge in [0.05, 0.1) is 30.0 Å². The summed E-state index contributed by atoms with van der Waals surface area (Å²) in [5.41, 5.74) is 4.32. The predicted octanol–water partition coefficient (Wildman–Crippen LogP) is 5.77. The lowest BCUT2D eigenvalue weighted by Crippen LogP contribution is -2.43. The molecule has 1 aromatic heterocycles. The third-order valence-corrected chi connectivity index (χ3v) is 9.28. The van der Waals surface area contributed by atoms with Crippen molar-refractivity contribution in [3.63, 3.8) is 0 Å². The SMILES string of the molecule is CCN(CC)C(=O)C1=C(C)N=c2s/c(=C/c3cc(Br)ccc3OCc3ccc(C)cc3)c(=O)n2[C@H]1c1cc(OC)ccc1OC. The first kappa shape index (κ1) is 32.2. The molecular weight excluding hydrogens is 654 g/mol. The largest absolute Gasteiger partial charge is 0.497 e. The number of allylic oxidation sites excluding steroid dienone is 1. The minimum absolute atomic E-state index is 0.177. The van der Waals surface area contributed by atoms with Crippen molar-refractivity contribution in [3.8, 4) is 17.2 Å². The molecule has 45 heavy (non-hydrogen) atoms. The zero-order valence-electron chi connectivity index (χ0n) is 26.2. The summed E-state index contributed by atoms with van der Waals surface area (Å²) in [4.78, 5) is 35.4. The summed E-state index contributed by atoms with van der Waals surface area (Å²) >= 11 is 4.84. The molecule has 0 bridgehead atoms. The van der Waals surface area contributed by atoms with Crippen LogP contribution in [0.15, 0.2) is 86.2 Å². The Labute approximate surface area is 275 Å². The van der Waals surface area contributed by atoms with E-state index in [-0.39, 0.29) is 11.5 Å². The fourth-order valence-corrected chi connectivity index (χ4v) is 6.79. The lowest BCUT2D eigenvalue weighted by atomic mass is 9.93. The van der Waals surface area contributed by atoms with E-state index in [2.05, 4.69) is 28.1 Å². The third kappa shape index (κ3) is 6.62. The standard InChI is InChI=1S/C35H36BrN3O5S/c1-7-38(8-2)34(41)31-22(4)37-35-39(32(31)27-19-26(42-5)14-16-29(27)43-6)33(40)30(45-35)18-24-17-25(36)13-15-28(24)44-20-23-11-9-21(3)10-12-23/h9-19,32H,7-8,20H2,1-6H3/b30-18+/t32-/m0/s1. The molecule has 0 unspecified atom stereocenters. The predicted molar refractivity (Wildman–Crippen MR) is 181 cm³/mol. The van der Waals surface area contributed by atoms with Crippen LogP contribution >= 0.6 is 27.3 Å². The summed E-state index contributed by atoms with van der Waals surface area (Å²) < 4.78 is 20.4. The number of nitrogens with zero attached hydrogens (tertiary/aromatic N) is 3. The number of fused-ring (bicyclic) bond motifs is 1. The second kappa shape index (κ2) is 13.9. The molecule has 0 spiro atoms. The number of rotatable bonds is 10. The van der Waals surface area contributed by atoms with E-state index in [1.165, 1.54) is 16.9 Å². The van der Waals surface area contributed by atoms with E-state index in [9.17, 15) is 9.59 Å². The van der Waals surface area contributed by atoms with Crippen molar-refractivity contribution in [2.75, 3.05) is 27.3 Å². The molecule has 0 saturated carbocycles. The number of ether oxygens (including phenoxy) is 3. The van der Waals surface area contributed by atoms with Gasteiger partial charge in [0, 0.05) is 28.7 Å². The van der Waals surface area contributed by atoms with Crippen LogP contribution in [0.25, 0.3) is 6.08 Å². The molecule has 0 N–H and O–H groups in total. The van der Waals surface area contributed by atoms with Crippen molar-refractivity contribution in [2.45, 2.75) is 40.3 Å². The number of benzene rings is 3. The van der Waals surface area contributed by atoms with Crippen LogP contribution in [0.1, 0.15) is 49.1 Å². The average molecular weight is 691 g/mol. The van der Waals surface area contributed by atoms with Gasteiger partial charge >= 0.3 is 0 Å². The summed E-state index contributed by atoms with van der Waals surface area (Å²) in [7, 11) is 3.15. The number of likely N-dealkylation sites (N-methyl/N-ethyl adjacent to an activating group) is 1. The highest BCUT2D eigenvalue weighted by Crippen LogP contribution is 2.38. The summed E-state index contributed by atoms with van der Waals surface area (Å²) in [6.07, 6.45) is 1.82. The zero-order valence-corrected chi connectivity index (χ0v) is 28.6. The van der Waals surface area contributed by atoms with Gasteiger partial charge in [-0.3, -0.25) is 14.2 Å². The lowest BCUT2D eigenvalue weighted by molar-refractivity contribution is -0.127. The molecule has 234 valence electrons. The fraction of sp³-hybridized carbons (Fsp3) is 0.286. The second-order valence-corrected chi connectivity index (χ2v) is 12.5. The third-order valence-electron chi connectivity index (χ3n) is 7.81. The van der Waals surface area contributed by atoms with Gasteiger partial charge in [-0.2, -0.15) is 0 Å². The van der Waals surface area contributed by atoms with Crippen LogP contribution in [-0.4, -0.2) is 42.7 Å². The molecule has 8 nitrogen and oxygen atoms in total. The van der Waals surface area contributed by atoms with E-state index in [1.54, 1.807) is 35.8 Å². The van der Waals surface area contributed by atoms with Crippen LogP contribution in [0.3, 0.4) is 0 Å². The van der Waals surface area contributed by atoms with E-state index in [0.717, 1.165) is 15.6 Å². The van der Waals surface area contributed by atoms with E-state index in [4.69, 9.17) is 19.2 Å². The van der Waals surface area contributed by atoms with Crippen molar-refractivity contribution in [2.24, 2.45) is 4.99 Å². The highest BCUT2D eigenvalue weighted by atomic mass is 79.9. The van der Waals surface area contributed by atoms with E-state index < -0.39 is 6.04 Å². The summed E-state index contributed by atoms with van der Waals surface area (Å²) in [6, 6.07) is 18.5. The maximum absolute atomic E-state index is 14.4. The molecule has 1 amide bonds. The van der Waals surface area contributed by atoms with Gasteiger partial charge < -0.3 is 19.1 Å². The maximum atomic E-state index is 14.4. The molecule has 0 saturated heterocycles. The monoisotopic (exact) mass is 689 g/mol. The zero-order chi connectivity index (χ0) is 32.2. The van der Waals surface area contributed by atoms with E-state index in [0.29, 0.717) is 63.1 Å². The van der Waals surface area contributed by atoms with Gasteiger partial charge in [-0.05, 0) is 75.7 Å². The average Bonchev–Trinajstić information content (AvgIpc) is 3.34. The number of thiazole rings is 1. The summed E-state index contributed by atoms with van der Waals surface area (Å²) in [5.74, 6) is 1.59. The first-order valence-corrected chi connectivity index (χ1v) is 16.3. The minimum Gasteiger partial charge on any atom is -0.497 e. The van der Waals surface area contributed by atoms with Gasteiger partial charge in [0.1, 0.15) is 29.9 Å². The molecule has 0 aliphatic carbocycles. The molecule has 0 fully saturated rings. The van der Waals surface area contributed by atoms with Crippen LogP contribution in [0.4, 0.5) is 0 Å². The molecule has 0 radical (unpaired) electrons. The smallest absolute Gasteiger partial charge is 0.271 e. The first-order valence-electron chi connectivity index (χ1n) is 14.7. The topological polar surface area (TPSA) is 82.4 Å². The normalized spacial score (nSPS) is 14.6. The number of carbonyl (C=O) groups is 1. The van der Waals surface area contributed by atoms with Gasteiger partial charge in [0.2, 0.25) is 0 Å². The highest BCUT2D eigenvalue weighted by molar-refractivity contribution is 9.10. The van der Waals surface area contributed by atoms with Crippen LogP contribution in [0.2, 0.25) is 0 Å². The minimum atomic E-state index is -0.777. The molecule has 3 aromatic carbocycles. The van der Waals surface area contributed by atoms with Crippen LogP contribution in [-0.2, 0) is 11.4 Å². The van der Waals surface area contributed by atoms with Gasteiger partial charge in [0.15, 0.2) is 4.80 Å². The number of amides is 1.